The second kappa shape index (κ2) is 13.4. The Bertz CT molecular complexity index is 534. The average molecular weight is 367 g/mol. The van der Waals surface area contributed by atoms with Crippen LogP contribution in [0.3, 0.4) is 0 Å². The summed E-state index contributed by atoms with van der Waals surface area (Å²) in [5.41, 5.74) is 2.58. The molecule has 0 aromatic heterocycles. The van der Waals surface area contributed by atoms with E-state index >= 15 is 0 Å². The van der Waals surface area contributed by atoms with Crippen molar-refractivity contribution in [3.05, 3.63) is 60.7 Å². The molecule has 0 amide bonds. The standard InChI is InChI=1S/C25H38N2/c1-3-5-20-26(21-6-4-2)22-14-9-15-23-27(24-16-10-7-11-17-24)25-18-12-8-13-19-25/h7-8,10-13,16-19H,3-6,9,14-15,20-23H2,1-2H3. The van der Waals surface area contributed by atoms with Gasteiger partial charge in [0.25, 0.3) is 0 Å². The summed E-state index contributed by atoms with van der Waals surface area (Å²) < 4.78 is 0. The molecule has 0 aliphatic carbocycles. The molecule has 0 N–H and O–H groups in total. The SMILES string of the molecule is CCCCN(CCCC)CCCCCN(c1ccccc1)c1ccccc1. The number of unbranched alkanes of at least 4 members (excludes halogenated alkanes) is 4. The molecule has 2 nitrogen and oxygen atoms in total. The van der Waals surface area contributed by atoms with Gasteiger partial charge in [-0.15, -0.1) is 0 Å². The fourth-order valence-electron chi connectivity index (χ4n) is 3.50. The molecule has 0 unspecified atom stereocenters. The zero-order valence-electron chi connectivity index (χ0n) is 17.4. The zero-order valence-corrected chi connectivity index (χ0v) is 17.4. The van der Waals surface area contributed by atoms with Gasteiger partial charge >= 0.3 is 0 Å². The van der Waals surface area contributed by atoms with Gasteiger partial charge in [0.2, 0.25) is 0 Å². The number of nitrogens with zero attached hydrogens (tertiary/aromatic N) is 2. The Morgan fingerprint density at radius 1 is 0.519 bits per heavy atom. The Hall–Kier alpha value is -1.80. The first kappa shape index (κ1) is 21.5. The molecule has 0 aliphatic rings. The molecule has 2 aromatic rings. The van der Waals surface area contributed by atoms with Gasteiger partial charge in [-0.25, -0.2) is 0 Å². The number of hydrogen-bond acceptors (Lipinski definition) is 2. The van der Waals surface area contributed by atoms with Gasteiger partial charge in [0, 0.05) is 17.9 Å². The van der Waals surface area contributed by atoms with E-state index in [9.17, 15) is 0 Å². The van der Waals surface area contributed by atoms with Crippen molar-refractivity contribution in [3.8, 4) is 0 Å². The van der Waals surface area contributed by atoms with Crippen LogP contribution in [0.15, 0.2) is 60.7 Å². The van der Waals surface area contributed by atoms with Crippen LogP contribution in [0.5, 0.6) is 0 Å². The topological polar surface area (TPSA) is 6.48 Å². The normalized spacial score (nSPS) is 11.1. The number of hydrogen-bond donors (Lipinski definition) is 0. The van der Waals surface area contributed by atoms with E-state index in [0.717, 1.165) is 6.54 Å². The number of rotatable bonds is 14. The molecule has 0 aliphatic heterocycles. The van der Waals surface area contributed by atoms with Crippen molar-refractivity contribution in [2.75, 3.05) is 31.1 Å². The molecule has 0 atom stereocenters. The van der Waals surface area contributed by atoms with Gasteiger partial charge in [0.1, 0.15) is 0 Å². The van der Waals surface area contributed by atoms with E-state index in [1.165, 1.54) is 76.0 Å². The van der Waals surface area contributed by atoms with E-state index in [4.69, 9.17) is 0 Å². The third-order valence-electron chi connectivity index (χ3n) is 5.15. The summed E-state index contributed by atoms with van der Waals surface area (Å²) in [5.74, 6) is 0. The summed E-state index contributed by atoms with van der Waals surface area (Å²) >= 11 is 0. The Kier molecular flexibility index (Phi) is 10.7. The molecular formula is C25H38N2. The molecule has 0 heterocycles. The summed E-state index contributed by atoms with van der Waals surface area (Å²) in [4.78, 5) is 5.13. The summed E-state index contributed by atoms with van der Waals surface area (Å²) in [5, 5.41) is 0. The van der Waals surface area contributed by atoms with E-state index in [2.05, 4.69) is 84.3 Å². The minimum absolute atomic E-state index is 1.08. The smallest absolute Gasteiger partial charge is 0.0410 e. The lowest BCUT2D eigenvalue weighted by Gasteiger charge is -2.25. The lowest BCUT2D eigenvalue weighted by atomic mass is 10.1. The van der Waals surface area contributed by atoms with Crippen molar-refractivity contribution >= 4 is 11.4 Å². The molecule has 0 saturated carbocycles. The van der Waals surface area contributed by atoms with Gasteiger partial charge in [0.05, 0.1) is 0 Å². The van der Waals surface area contributed by atoms with Gasteiger partial charge < -0.3 is 9.80 Å². The lowest BCUT2D eigenvalue weighted by Crippen LogP contribution is -2.27. The van der Waals surface area contributed by atoms with Crippen LogP contribution >= 0.6 is 0 Å². The van der Waals surface area contributed by atoms with Crippen molar-refractivity contribution in [2.45, 2.75) is 58.8 Å². The van der Waals surface area contributed by atoms with Gasteiger partial charge in [0.15, 0.2) is 0 Å². The predicted molar refractivity (Wildman–Crippen MR) is 120 cm³/mol. The highest BCUT2D eigenvalue weighted by Crippen LogP contribution is 2.25. The van der Waals surface area contributed by atoms with E-state index in [1.807, 2.05) is 0 Å². The first-order chi connectivity index (χ1) is 13.3. The summed E-state index contributed by atoms with van der Waals surface area (Å²) in [7, 11) is 0. The van der Waals surface area contributed by atoms with Crippen LogP contribution in [-0.4, -0.2) is 31.1 Å². The van der Waals surface area contributed by atoms with E-state index in [1.54, 1.807) is 0 Å². The third-order valence-corrected chi connectivity index (χ3v) is 5.15. The van der Waals surface area contributed by atoms with Crippen LogP contribution in [0.25, 0.3) is 0 Å². The predicted octanol–water partition coefficient (Wildman–Crippen LogP) is 6.90. The molecule has 0 fully saturated rings. The minimum atomic E-state index is 1.08. The quantitative estimate of drug-likeness (QED) is 0.336. The summed E-state index contributed by atoms with van der Waals surface area (Å²) in [6.45, 7) is 9.47. The van der Waals surface area contributed by atoms with E-state index < -0.39 is 0 Å². The first-order valence-corrected chi connectivity index (χ1v) is 10.9. The van der Waals surface area contributed by atoms with E-state index in [0.29, 0.717) is 0 Å². The number of para-hydroxylation sites is 2. The fourth-order valence-corrected chi connectivity index (χ4v) is 3.50. The van der Waals surface area contributed by atoms with Gasteiger partial charge in [-0.1, -0.05) is 69.5 Å². The van der Waals surface area contributed by atoms with Crippen molar-refractivity contribution in [2.24, 2.45) is 0 Å². The molecule has 0 radical (unpaired) electrons. The highest BCUT2D eigenvalue weighted by atomic mass is 15.1. The first-order valence-electron chi connectivity index (χ1n) is 10.9. The molecule has 0 spiro atoms. The van der Waals surface area contributed by atoms with E-state index in [-0.39, 0.29) is 0 Å². The van der Waals surface area contributed by atoms with Crippen molar-refractivity contribution in [1.82, 2.24) is 4.90 Å². The Labute approximate surface area is 167 Å². The largest absolute Gasteiger partial charge is 0.341 e. The van der Waals surface area contributed by atoms with Crippen LogP contribution in [0.2, 0.25) is 0 Å². The molecule has 0 saturated heterocycles. The van der Waals surface area contributed by atoms with Gasteiger partial charge in [-0.3, -0.25) is 0 Å². The molecule has 2 aromatic carbocycles. The fraction of sp³-hybridized carbons (Fsp3) is 0.520. The maximum atomic E-state index is 2.68. The summed E-state index contributed by atoms with van der Waals surface area (Å²) in [6, 6.07) is 21.6. The number of anilines is 2. The second-order valence-corrected chi connectivity index (χ2v) is 7.43. The van der Waals surface area contributed by atoms with Crippen molar-refractivity contribution in [3.63, 3.8) is 0 Å². The minimum Gasteiger partial charge on any atom is -0.341 e. The maximum Gasteiger partial charge on any atom is 0.0410 e. The van der Waals surface area contributed by atoms with Crippen LogP contribution in [0.4, 0.5) is 11.4 Å². The Balaban J connectivity index is 1.81. The third kappa shape index (κ3) is 8.17. The zero-order chi connectivity index (χ0) is 19.2. The van der Waals surface area contributed by atoms with Crippen LogP contribution in [0.1, 0.15) is 58.8 Å². The number of benzene rings is 2. The van der Waals surface area contributed by atoms with Crippen LogP contribution in [-0.2, 0) is 0 Å². The molecule has 148 valence electrons. The van der Waals surface area contributed by atoms with Gasteiger partial charge in [-0.05, 0) is 69.6 Å². The van der Waals surface area contributed by atoms with Gasteiger partial charge in [-0.2, -0.15) is 0 Å². The molecule has 27 heavy (non-hydrogen) atoms. The lowest BCUT2D eigenvalue weighted by molar-refractivity contribution is 0.259. The van der Waals surface area contributed by atoms with Crippen LogP contribution < -0.4 is 4.90 Å². The van der Waals surface area contributed by atoms with Crippen LogP contribution in [0, 0.1) is 0 Å². The Morgan fingerprint density at radius 2 is 0.963 bits per heavy atom. The monoisotopic (exact) mass is 366 g/mol. The Morgan fingerprint density at radius 3 is 1.44 bits per heavy atom. The highest BCUT2D eigenvalue weighted by molar-refractivity contribution is 5.62. The second-order valence-electron chi connectivity index (χ2n) is 7.43. The summed E-state index contributed by atoms with van der Waals surface area (Å²) in [6.07, 6.45) is 9.10. The highest BCUT2D eigenvalue weighted by Gasteiger charge is 2.09. The molecule has 2 rings (SSSR count). The average Bonchev–Trinajstić information content (AvgIpc) is 2.73. The molecule has 0 bridgehead atoms. The maximum absolute atomic E-state index is 2.68. The van der Waals surface area contributed by atoms with Crippen molar-refractivity contribution < 1.29 is 0 Å². The molecule has 2 heteroatoms. The molecular weight excluding hydrogens is 328 g/mol. The van der Waals surface area contributed by atoms with Crippen molar-refractivity contribution in [1.29, 1.82) is 0 Å².